The quantitative estimate of drug-likeness (QED) is 0.202. The number of nitrogen functional groups attached to an aromatic ring is 1. The summed E-state index contributed by atoms with van der Waals surface area (Å²) in [7, 11) is -1.14. The van der Waals surface area contributed by atoms with Crippen LogP contribution in [-0.2, 0) is 21.2 Å². The molecule has 0 saturated carbocycles. The first-order valence-electron chi connectivity index (χ1n) is 11.8. The fourth-order valence-electron chi connectivity index (χ4n) is 3.77. The van der Waals surface area contributed by atoms with Gasteiger partial charge in [0.15, 0.2) is 9.84 Å². The van der Waals surface area contributed by atoms with E-state index in [9.17, 15) is 22.3 Å². The van der Waals surface area contributed by atoms with Crippen molar-refractivity contribution in [3.8, 4) is 0 Å². The summed E-state index contributed by atoms with van der Waals surface area (Å²) in [6.07, 6.45) is -1.68. The smallest absolute Gasteiger partial charge is 0.169 e. The van der Waals surface area contributed by atoms with Gasteiger partial charge in [0.05, 0.1) is 18.0 Å². The zero-order valence-corrected chi connectivity index (χ0v) is 22.8. The number of halogens is 2. The highest BCUT2D eigenvalue weighted by Gasteiger charge is 2.45. The minimum Gasteiger partial charge on any atom is -0.399 e. The predicted molar refractivity (Wildman–Crippen MR) is 147 cm³/mol. The Morgan fingerprint density at radius 2 is 1.66 bits per heavy atom. The van der Waals surface area contributed by atoms with Gasteiger partial charge in [0, 0.05) is 25.4 Å². The Labute approximate surface area is 223 Å². The average Bonchev–Trinajstić information content (AvgIpc) is 2.89. The number of aliphatic hydroxyl groups excluding tert-OH is 1. The van der Waals surface area contributed by atoms with Crippen molar-refractivity contribution in [2.45, 2.75) is 43.0 Å². The summed E-state index contributed by atoms with van der Waals surface area (Å²) in [5.41, 5.74) is 13.1. The lowest BCUT2D eigenvalue weighted by Gasteiger charge is -2.31. The van der Waals surface area contributed by atoms with Gasteiger partial charge in [-0.25, -0.2) is 17.2 Å². The van der Waals surface area contributed by atoms with Gasteiger partial charge in [-0.05, 0) is 61.7 Å². The van der Waals surface area contributed by atoms with Crippen LogP contribution in [0, 0.1) is 11.6 Å². The molecule has 0 aliphatic heterocycles. The van der Waals surface area contributed by atoms with Crippen LogP contribution in [0.1, 0.15) is 48.3 Å². The molecule has 7 nitrogen and oxygen atoms in total. The first-order chi connectivity index (χ1) is 17.8. The summed E-state index contributed by atoms with van der Waals surface area (Å²) < 4.78 is 58.1. The maximum absolute atomic E-state index is 14.6. The molecule has 38 heavy (non-hydrogen) atoms. The number of nitrogens with two attached hydrogens (primary N) is 2. The molecule has 206 valence electrons. The van der Waals surface area contributed by atoms with E-state index in [4.69, 9.17) is 16.2 Å². The molecule has 0 radical (unpaired) electrons. The Kier molecular flexibility index (Phi) is 10.9. The van der Waals surface area contributed by atoms with E-state index in [1.54, 1.807) is 7.11 Å². The zero-order chi connectivity index (χ0) is 28.5. The highest BCUT2D eigenvalue weighted by Crippen LogP contribution is 2.40. The van der Waals surface area contributed by atoms with Gasteiger partial charge in [-0.2, -0.15) is 0 Å². The molecule has 0 aliphatic carbocycles. The molecule has 2 atom stereocenters. The van der Waals surface area contributed by atoms with Crippen molar-refractivity contribution in [3.05, 3.63) is 101 Å². The van der Waals surface area contributed by atoms with Crippen LogP contribution in [0.5, 0.6) is 0 Å². The van der Waals surface area contributed by atoms with E-state index in [1.165, 1.54) is 50.7 Å². The highest BCUT2D eigenvalue weighted by atomic mass is 32.2. The topological polar surface area (TPSA) is 128 Å². The number of hydrogen-bond donors (Lipinski definition) is 3. The van der Waals surface area contributed by atoms with Gasteiger partial charge in [0.25, 0.3) is 0 Å². The zero-order valence-electron chi connectivity index (χ0n) is 21.9. The van der Waals surface area contributed by atoms with Crippen molar-refractivity contribution < 1.29 is 27.0 Å². The SMILES string of the molecule is CN=C(N)C(C)(C)S(=O)(=O)C(CC(O)c1ccc(F)cc1)c1cc(N)ccc1F.COCc1ccccc1. The maximum Gasteiger partial charge on any atom is 0.169 e. The van der Waals surface area contributed by atoms with Gasteiger partial charge in [-0.3, -0.25) is 4.99 Å². The van der Waals surface area contributed by atoms with Crippen LogP contribution in [0.3, 0.4) is 0 Å². The number of ether oxygens (including phenoxy) is 1. The molecule has 3 aromatic carbocycles. The molecule has 0 saturated heterocycles. The average molecular weight is 548 g/mol. The molecule has 0 amide bonds. The van der Waals surface area contributed by atoms with Crippen LogP contribution in [0.2, 0.25) is 0 Å². The molecular weight excluding hydrogens is 512 g/mol. The molecule has 10 heteroatoms. The van der Waals surface area contributed by atoms with Gasteiger partial charge >= 0.3 is 0 Å². The monoisotopic (exact) mass is 547 g/mol. The lowest BCUT2D eigenvalue weighted by Crippen LogP contribution is -2.47. The van der Waals surface area contributed by atoms with Crippen LogP contribution in [0.4, 0.5) is 14.5 Å². The number of hydrogen-bond acceptors (Lipinski definition) is 6. The second-order valence-corrected chi connectivity index (χ2v) is 11.8. The van der Waals surface area contributed by atoms with Crippen LogP contribution in [0.25, 0.3) is 0 Å². The molecule has 0 spiro atoms. The number of sulfone groups is 1. The molecule has 0 aromatic heterocycles. The van der Waals surface area contributed by atoms with Crippen molar-refractivity contribution in [2.75, 3.05) is 19.9 Å². The van der Waals surface area contributed by atoms with Gasteiger partial charge in [-0.15, -0.1) is 0 Å². The van der Waals surface area contributed by atoms with E-state index in [2.05, 4.69) is 4.99 Å². The Morgan fingerprint density at radius 3 is 2.21 bits per heavy atom. The summed E-state index contributed by atoms with van der Waals surface area (Å²) >= 11 is 0. The number of rotatable bonds is 9. The molecule has 0 fully saturated rings. The minimum atomic E-state index is -4.20. The molecule has 0 bridgehead atoms. The largest absolute Gasteiger partial charge is 0.399 e. The first-order valence-corrected chi connectivity index (χ1v) is 13.4. The molecular formula is C28H35F2N3O4S. The number of anilines is 1. The van der Waals surface area contributed by atoms with Crippen molar-refractivity contribution >= 4 is 21.4 Å². The predicted octanol–water partition coefficient (Wildman–Crippen LogP) is 4.73. The third kappa shape index (κ3) is 7.59. The molecule has 3 aromatic rings. The minimum absolute atomic E-state index is 0.150. The van der Waals surface area contributed by atoms with Crippen molar-refractivity contribution in [3.63, 3.8) is 0 Å². The third-order valence-electron chi connectivity index (χ3n) is 6.16. The molecule has 2 unspecified atom stereocenters. The Hall–Kier alpha value is -3.34. The van der Waals surface area contributed by atoms with Gasteiger partial charge < -0.3 is 21.3 Å². The van der Waals surface area contributed by atoms with Crippen LogP contribution >= 0.6 is 0 Å². The summed E-state index contributed by atoms with van der Waals surface area (Å²) in [4.78, 5) is 3.78. The summed E-state index contributed by atoms with van der Waals surface area (Å²) in [5, 5.41) is 9.16. The van der Waals surface area contributed by atoms with Gasteiger partial charge in [0.2, 0.25) is 0 Å². The number of aliphatic hydroxyl groups is 1. The summed E-state index contributed by atoms with van der Waals surface area (Å²) in [6, 6.07) is 18.7. The lowest BCUT2D eigenvalue weighted by atomic mass is 10.00. The fraction of sp³-hybridized carbons (Fsp3) is 0.321. The van der Waals surface area contributed by atoms with Crippen molar-refractivity contribution in [1.82, 2.24) is 0 Å². The summed E-state index contributed by atoms with van der Waals surface area (Å²) in [6.45, 7) is 3.44. The standard InChI is InChI=1S/C20H25F2N3O3S.C8H10O/c1-20(2,19(24)25-3)29(27,28)18(15-10-14(23)8-9-16(15)22)11-17(26)12-4-6-13(21)7-5-12;1-9-7-8-5-3-2-4-6-8/h4-10,17-18,26H,11,23H2,1-3H3,(H2,24,25);2-6H,7H2,1H3. The maximum atomic E-state index is 14.6. The number of methoxy groups -OCH3 is 1. The Morgan fingerprint density at radius 1 is 1.05 bits per heavy atom. The highest BCUT2D eigenvalue weighted by molar-refractivity contribution is 7.93. The lowest BCUT2D eigenvalue weighted by molar-refractivity contribution is 0.165. The van der Waals surface area contributed by atoms with E-state index in [1.807, 2.05) is 30.3 Å². The fourth-order valence-corrected chi connectivity index (χ4v) is 5.81. The van der Waals surface area contributed by atoms with E-state index >= 15 is 0 Å². The van der Waals surface area contributed by atoms with E-state index in [0.29, 0.717) is 12.2 Å². The Bertz CT molecular complexity index is 1320. The van der Waals surface area contributed by atoms with Gasteiger partial charge in [-0.1, -0.05) is 42.5 Å². The van der Waals surface area contributed by atoms with E-state index in [-0.39, 0.29) is 23.5 Å². The molecule has 5 N–H and O–H groups in total. The second kappa shape index (κ2) is 13.5. The number of nitrogens with zero attached hydrogens (tertiary/aromatic N) is 1. The molecule has 0 aliphatic rings. The van der Waals surface area contributed by atoms with Crippen LogP contribution in [0.15, 0.2) is 77.8 Å². The van der Waals surface area contributed by atoms with Gasteiger partial charge in [0.1, 0.15) is 22.2 Å². The third-order valence-corrected chi connectivity index (χ3v) is 8.98. The molecule has 0 heterocycles. The van der Waals surface area contributed by atoms with Crippen molar-refractivity contribution in [1.29, 1.82) is 0 Å². The number of benzene rings is 3. The Balaban J connectivity index is 0.000000474. The van der Waals surface area contributed by atoms with Crippen LogP contribution in [-0.4, -0.2) is 38.3 Å². The number of amidine groups is 1. The first kappa shape index (κ1) is 30.9. The molecule has 3 rings (SSSR count). The number of aliphatic imine (C=N–C) groups is 1. The normalized spacial score (nSPS) is 13.8. The second-order valence-electron chi connectivity index (χ2n) is 9.16. The van der Waals surface area contributed by atoms with Crippen molar-refractivity contribution in [2.24, 2.45) is 10.7 Å². The van der Waals surface area contributed by atoms with E-state index in [0.717, 1.165) is 18.2 Å². The van der Waals surface area contributed by atoms with Crippen LogP contribution < -0.4 is 11.5 Å². The van der Waals surface area contributed by atoms with E-state index < -0.39 is 37.6 Å². The summed E-state index contributed by atoms with van der Waals surface area (Å²) in [5.74, 6) is -1.43.